The Kier molecular flexibility index (Phi) is 5.60. The van der Waals surface area contributed by atoms with Crippen LogP contribution in [0.1, 0.15) is 25.7 Å². The summed E-state index contributed by atoms with van der Waals surface area (Å²) in [7, 11) is 0. The molecule has 2 amide bonds. The fourth-order valence-electron chi connectivity index (χ4n) is 2.21. The van der Waals surface area contributed by atoms with Crippen molar-refractivity contribution in [2.24, 2.45) is 0 Å². The summed E-state index contributed by atoms with van der Waals surface area (Å²) in [4.78, 5) is 24.2. The van der Waals surface area contributed by atoms with Crippen molar-refractivity contribution in [1.82, 2.24) is 15.5 Å². The molecule has 1 saturated heterocycles. The number of carbonyl (C=O) groups excluding carboxylic acids is 1. The second-order valence-electron chi connectivity index (χ2n) is 5.35. The fraction of sp³-hybridized carbons (Fsp3) is 0.846. The number of nitrogens with one attached hydrogen (secondary N) is 2. The Hall–Kier alpha value is -1.34. The van der Waals surface area contributed by atoms with Gasteiger partial charge >= 0.3 is 12.0 Å². The molecule has 7 heteroatoms. The van der Waals surface area contributed by atoms with Gasteiger partial charge in [-0.1, -0.05) is 0 Å². The summed E-state index contributed by atoms with van der Waals surface area (Å²) in [5.41, 5.74) is 0. The van der Waals surface area contributed by atoms with Gasteiger partial charge in [0.2, 0.25) is 0 Å². The molecular formula is C13H23N3O4. The molecule has 1 aliphatic carbocycles. The zero-order valence-corrected chi connectivity index (χ0v) is 11.6. The molecule has 0 aromatic heterocycles. The van der Waals surface area contributed by atoms with Crippen LogP contribution in [0.4, 0.5) is 4.79 Å². The maximum Gasteiger partial charge on any atom is 0.317 e. The smallest absolute Gasteiger partial charge is 0.317 e. The molecule has 0 aromatic rings. The van der Waals surface area contributed by atoms with Crippen LogP contribution in [0, 0.1) is 0 Å². The van der Waals surface area contributed by atoms with E-state index in [1.807, 2.05) is 0 Å². The zero-order chi connectivity index (χ0) is 14.4. The topological polar surface area (TPSA) is 90.9 Å². The Morgan fingerprint density at radius 1 is 1.30 bits per heavy atom. The molecule has 7 nitrogen and oxygen atoms in total. The Balaban J connectivity index is 1.59. The standard InChI is InChI=1S/C13H23N3O4/c17-12(18)8-11-9-16(6-7-20-11)13(19)15-5-1-4-14-10-2-3-10/h10-11,14H,1-9H2,(H,15,19)(H,17,18). The molecule has 20 heavy (non-hydrogen) atoms. The minimum absolute atomic E-state index is 0.0604. The van der Waals surface area contributed by atoms with Crippen molar-refractivity contribution in [2.45, 2.75) is 37.8 Å². The number of aliphatic carboxylic acids is 1. The van der Waals surface area contributed by atoms with Gasteiger partial charge in [-0.2, -0.15) is 0 Å². The fourth-order valence-corrected chi connectivity index (χ4v) is 2.21. The summed E-state index contributed by atoms with van der Waals surface area (Å²) in [6, 6.07) is 0.567. The number of morpholine rings is 1. The van der Waals surface area contributed by atoms with E-state index >= 15 is 0 Å². The van der Waals surface area contributed by atoms with Crippen LogP contribution in [0.2, 0.25) is 0 Å². The highest BCUT2D eigenvalue weighted by Crippen LogP contribution is 2.18. The van der Waals surface area contributed by atoms with E-state index in [2.05, 4.69) is 10.6 Å². The number of nitrogens with zero attached hydrogens (tertiary/aromatic N) is 1. The quantitative estimate of drug-likeness (QED) is 0.573. The molecule has 0 aromatic carbocycles. The van der Waals surface area contributed by atoms with Crippen molar-refractivity contribution < 1.29 is 19.4 Å². The van der Waals surface area contributed by atoms with Gasteiger partial charge in [-0.15, -0.1) is 0 Å². The Labute approximate surface area is 118 Å². The second-order valence-corrected chi connectivity index (χ2v) is 5.35. The molecule has 2 aliphatic rings. The molecule has 0 radical (unpaired) electrons. The van der Waals surface area contributed by atoms with E-state index in [0.717, 1.165) is 13.0 Å². The molecule has 2 fully saturated rings. The number of hydrogen-bond acceptors (Lipinski definition) is 4. The van der Waals surface area contributed by atoms with E-state index in [0.29, 0.717) is 32.3 Å². The number of rotatable bonds is 7. The molecule has 3 N–H and O–H groups in total. The average molecular weight is 285 g/mol. The van der Waals surface area contributed by atoms with Crippen LogP contribution >= 0.6 is 0 Å². The van der Waals surface area contributed by atoms with Crippen LogP contribution in [0.25, 0.3) is 0 Å². The molecule has 1 saturated carbocycles. The lowest BCUT2D eigenvalue weighted by Crippen LogP contribution is -2.50. The van der Waals surface area contributed by atoms with Crippen molar-refractivity contribution in [2.75, 3.05) is 32.8 Å². The molecule has 2 rings (SSSR count). The number of amides is 2. The van der Waals surface area contributed by atoms with Crippen LogP contribution in [0.5, 0.6) is 0 Å². The van der Waals surface area contributed by atoms with Gasteiger partial charge in [0.25, 0.3) is 0 Å². The Morgan fingerprint density at radius 3 is 2.80 bits per heavy atom. The van der Waals surface area contributed by atoms with Gasteiger partial charge in [0, 0.05) is 25.7 Å². The minimum Gasteiger partial charge on any atom is -0.481 e. The first kappa shape index (κ1) is 15.1. The van der Waals surface area contributed by atoms with E-state index in [1.54, 1.807) is 4.90 Å². The molecule has 1 atom stereocenters. The number of ether oxygens (including phenoxy) is 1. The van der Waals surface area contributed by atoms with Gasteiger partial charge < -0.3 is 25.4 Å². The van der Waals surface area contributed by atoms with Gasteiger partial charge in [-0.3, -0.25) is 4.79 Å². The minimum atomic E-state index is -0.900. The van der Waals surface area contributed by atoms with Crippen molar-refractivity contribution in [3.63, 3.8) is 0 Å². The summed E-state index contributed by atoms with van der Waals surface area (Å²) in [6.07, 6.45) is 2.99. The van der Waals surface area contributed by atoms with Gasteiger partial charge in [0.1, 0.15) is 0 Å². The first-order valence-corrected chi connectivity index (χ1v) is 7.24. The summed E-state index contributed by atoms with van der Waals surface area (Å²) < 4.78 is 5.33. The predicted molar refractivity (Wildman–Crippen MR) is 72.6 cm³/mol. The van der Waals surface area contributed by atoms with Gasteiger partial charge in [0.15, 0.2) is 0 Å². The van der Waals surface area contributed by atoms with Gasteiger partial charge in [-0.25, -0.2) is 4.79 Å². The molecule has 1 aliphatic heterocycles. The monoisotopic (exact) mass is 285 g/mol. The molecule has 1 unspecified atom stereocenters. The third-order valence-corrected chi connectivity index (χ3v) is 3.47. The highest BCUT2D eigenvalue weighted by Gasteiger charge is 2.25. The maximum atomic E-state index is 11.9. The maximum absolute atomic E-state index is 11.9. The summed E-state index contributed by atoms with van der Waals surface area (Å²) >= 11 is 0. The van der Waals surface area contributed by atoms with Crippen molar-refractivity contribution in [3.8, 4) is 0 Å². The van der Waals surface area contributed by atoms with Crippen LogP contribution in [0.3, 0.4) is 0 Å². The highest BCUT2D eigenvalue weighted by molar-refractivity contribution is 5.74. The third kappa shape index (κ3) is 5.34. The highest BCUT2D eigenvalue weighted by atomic mass is 16.5. The molecule has 114 valence electrons. The molecule has 0 spiro atoms. The van der Waals surface area contributed by atoms with Crippen LogP contribution < -0.4 is 10.6 Å². The summed E-state index contributed by atoms with van der Waals surface area (Å²) in [6.45, 7) is 2.82. The van der Waals surface area contributed by atoms with E-state index in [9.17, 15) is 9.59 Å². The van der Waals surface area contributed by atoms with Crippen LogP contribution in [-0.2, 0) is 9.53 Å². The first-order chi connectivity index (χ1) is 9.65. The Bertz CT molecular complexity index is 347. The van der Waals surface area contributed by atoms with Gasteiger partial charge in [0.05, 0.1) is 19.1 Å². The van der Waals surface area contributed by atoms with E-state index in [-0.39, 0.29) is 12.5 Å². The lowest BCUT2D eigenvalue weighted by molar-refractivity contribution is -0.141. The lowest BCUT2D eigenvalue weighted by atomic mass is 10.2. The number of urea groups is 1. The number of hydrogen-bond donors (Lipinski definition) is 3. The van der Waals surface area contributed by atoms with Gasteiger partial charge in [-0.05, 0) is 25.8 Å². The van der Waals surface area contributed by atoms with Crippen molar-refractivity contribution >= 4 is 12.0 Å². The van der Waals surface area contributed by atoms with Crippen molar-refractivity contribution in [1.29, 1.82) is 0 Å². The largest absolute Gasteiger partial charge is 0.481 e. The van der Waals surface area contributed by atoms with E-state index in [1.165, 1.54) is 12.8 Å². The number of carboxylic acids is 1. The summed E-state index contributed by atoms with van der Waals surface area (Å²) in [5.74, 6) is -0.900. The number of carboxylic acid groups (broad SMARTS) is 1. The van der Waals surface area contributed by atoms with E-state index < -0.39 is 12.1 Å². The van der Waals surface area contributed by atoms with Crippen molar-refractivity contribution in [3.05, 3.63) is 0 Å². The SMILES string of the molecule is O=C(O)CC1CN(C(=O)NCCCNC2CC2)CCO1. The molecule has 1 heterocycles. The number of carbonyl (C=O) groups is 2. The normalized spacial score (nSPS) is 22.6. The molecule has 0 bridgehead atoms. The predicted octanol–water partition coefficient (Wildman–Crippen LogP) is 0.0136. The molecular weight excluding hydrogens is 262 g/mol. The van der Waals surface area contributed by atoms with Crippen LogP contribution in [0.15, 0.2) is 0 Å². The first-order valence-electron chi connectivity index (χ1n) is 7.24. The third-order valence-electron chi connectivity index (χ3n) is 3.47. The van der Waals surface area contributed by atoms with Crippen LogP contribution in [-0.4, -0.2) is 66.9 Å². The zero-order valence-electron chi connectivity index (χ0n) is 11.6. The van der Waals surface area contributed by atoms with E-state index in [4.69, 9.17) is 9.84 Å². The Morgan fingerprint density at radius 2 is 2.10 bits per heavy atom. The summed E-state index contributed by atoms with van der Waals surface area (Å²) in [5, 5.41) is 15.0. The lowest BCUT2D eigenvalue weighted by Gasteiger charge is -2.32. The average Bonchev–Trinajstić information content (AvgIpc) is 3.22. The second kappa shape index (κ2) is 7.44.